The van der Waals surface area contributed by atoms with E-state index in [2.05, 4.69) is 5.32 Å². The van der Waals surface area contributed by atoms with Gasteiger partial charge in [-0.1, -0.05) is 66.6 Å². The Morgan fingerprint density at radius 3 is 2.23 bits per heavy atom. The summed E-state index contributed by atoms with van der Waals surface area (Å²) in [6, 6.07) is 20.0. The molecule has 0 saturated carbocycles. The van der Waals surface area contributed by atoms with Gasteiger partial charge in [-0.3, -0.25) is 13.9 Å². The van der Waals surface area contributed by atoms with Crippen LogP contribution in [0.4, 0.5) is 5.69 Å². The van der Waals surface area contributed by atoms with E-state index in [-0.39, 0.29) is 23.0 Å². The molecule has 1 N–H and O–H groups in total. The standard InChI is InChI=1S/C30H37N3O5S/c1-6-26(30(35)31-7-2)32(20-24-12-10-11-23(4)19-24)29(34)21-33(27-13-8-9-14-28(27)38-5)39(36,37)25-17-15-22(3)16-18-25/h8-19,26H,6-7,20-21H2,1-5H3,(H,31,35). The quantitative estimate of drug-likeness (QED) is 0.359. The minimum atomic E-state index is -4.17. The highest BCUT2D eigenvalue weighted by Gasteiger charge is 2.34. The number of aryl methyl sites for hydroxylation is 2. The molecule has 0 radical (unpaired) electrons. The van der Waals surface area contributed by atoms with Gasteiger partial charge in [-0.2, -0.15) is 0 Å². The van der Waals surface area contributed by atoms with Crippen LogP contribution >= 0.6 is 0 Å². The normalized spacial score (nSPS) is 11.9. The maximum Gasteiger partial charge on any atom is 0.264 e. The Balaban J connectivity index is 2.10. The summed E-state index contributed by atoms with van der Waals surface area (Å²) in [5.41, 5.74) is 3.00. The second-order valence-electron chi connectivity index (χ2n) is 9.33. The molecule has 0 heterocycles. The molecular weight excluding hydrogens is 514 g/mol. The molecule has 9 heteroatoms. The number of nitrogens with zero attached hydrogens (tertiary/aromatic N) is 2. The van der Waals surface area contributed by atoms with E-state index in [1.165, 1.54) is 24.1 Å². The zero-order valence-electron chi connectivity index (χ0n) is 23.2. The number of anilines is 1. The molecule has 1 atom stereocenters. The van der Waals surface area contributed by atoms with Crippen LogP contribution in [-0.4, -0.2) is 51.4 Å². The number of ether oxygens (including phenoxy) is 1. The summed E-state index contributed by atoms with van der Waals surface area (Å²) in [5, 5.41) is 2.81. The number of benzene rings is 3. The lowest BCUT2D eigenvalue weighted by Crippen LogP contribution is -2.52. The van der Waals surface area contributed by atoms with Crippen molar-refractivity contribution >= 4 is 27.5 Å². The summed E-state index contributed by atoms with van der Waals surface area (Å²) >= 11 is 0. The van der Waals surface area contributed by atoms with Crippen LogP contribution in [-0.2, 0) is 26.2 Å². The van der Waals surface area contributed by atoms with Crippen LogP contribution < -0.4 is 14.4 Å². The molecule has 0 fully saturated rings. The molecule has 0 aliphatic rings. The molecule has 1 unspecified atom stereocenters. The second-order valence-corrected chi connectivity index (χ2v) is 11.2. The predicted molar refractivity (Wildman–Crippen MR) is 153 cm³/mol. The Labute approximate surface area is 231 Å². The van der Waals surface area contributed by atoms with E-state index in [1.54, 1.807) is 36.4 Å². The number of carbonyl (C=O) groups is 2. The number of methoxy groups -OCH3 is 1. The Hall–Kier alpha value is -3.85. The van der Waals surface area contributed by atoms with E-state index >= 15 is 0 Å². The first kappa shape index (κ1) is 29.7. The summed E-state index contributed by atoms with van der Waals surface area (Å²) in [5.74, 6) is -0.482. The van der Waals surface area contributed by atoms with Gasteiger partial charge in [0.05, 0.1) is 17.7 Å². The fourth-order valence-corrected chi connectivity index (χ4v) is 5.83. The van der Waals surface area contributed by atoms with E-state index in [9.17, 15) is 18.0 Å². The topological polar surface area (TPSA) is 96.0 Å². The molecule has 0 aromatic heterocycles. The predicted octanol–water partition coefficient (Wildman–Crippen LogP) is 4.45. The third kappa shape index (κ3) is 7.17. The van der Waals surface area contributed by atoms with Crippen LogP contribution in [0.15, 0.2) is 77.7 Å². The SMILES string of the molecule is CCNC(=O)C(CC)N(Cc1cccc(C)c1)C(=O)CN(c1ccccc1OC)S(=O)(=O)c1ccc(C)cc1. The molecule has 0 saturated heterocycles. The molecule has 0 spiro atoms. The third-order valence-electron chi connectivity index (χ3n) is 6.41. The smallest absolute Gasteiger partial charge is 0.264 e. The molecule has 3 rings (SSSR count). The Morgan fingerprint density at radius 1 is 0.923 bits per heavy atom. The summed E-state index contributed by atoms with van der Waals surface area (Å²) in [6.07, 6.45) is 0.364. The first-order valence-corrected chi connectivity index (χ1v) is 14.4. The van der Waals surface area contributed by atoms with Crippen LogP contribution in [0.5, 0.6) is 5.75 Å². The lowest BCUT2D eigenvalue weighted by Gasteiger charge is -2.33. The van der Waals surface area contributed by atoms with Gasteiger partial charge in [0.15, 0.2) is 0 Å². The second kappa shape index (κ2) is 13.3. The van der Waals surface area contributed by atoms with Crippen molar-refractivity contribution in [2.75, 3.05) is 24.5 Å². The molecule has 208 valence electrons. The largest absolute Gasteiger partial charge is 0.495 e. The van der Waals surface area contributed by atoms with E-state index < -0.39 is 28.5 Å². The molecule has 8 nitrogen and oxygen atoms in total. The van der Waals surface area contributed by atoms with Crippen molar-refractivity contribution in [2.45, 2.75) is 51.6 Å². The van der Waals surface area contributed by atoms with Crippen LogP contribution in [0.3, 0.4) is 0 Å². The monoisotopic (exact) mass is 551 g/mol. The number of sulfonamides is 1. The van der Waals surface area contributed by atoms with Gasteiger partial charge in [0.1, 0.15) is 18.3 Å². The zero-order valence-corrected chi connectivity index (χ0v) is 24.0. The van der Waals surface area contributed by atoms with Crippen molar-refractivity contribution in [3.63, 3.8) is 0 Å². The number of hydrogen-bond acceptors (Lipinski definition) is 5. The van der Waals surface area contributed by atoms with Crippen molar-refractivity contribution in [1.29, 1.82) is 0 Å². The third-order valence-corrected chi connectivity index (χ3v) is 8.19. The minimum Gasteiger partial charge on any atom is -0.495 e. The van der Waals surface area contributed by atoms with Crippen molar-refractivity contribution in [3.05, 3.63) is 89.5 Å². The number of para-hydroxylation sites is 2. The maximum atomic E-state index is 14.1. The Kier molecular flexibility index (Phi) is 10.1. The van der Waals surface area contributed by atoms with Gasteiger partial charge in [-0.15, -0.1) is 0 Å². The zero-order chi connectivity index (χ0) is 28.6. The van der Waals surface area contributed by atoms with Crippen LogP contribution in [0.1, 0.15) is 37.0 Å². The van der Waals surface area contributed by atoms with Crippen molar-refractivity contribution in [1.82, 2.24) is 10.2 Å². The highest BCUT2D eigenvalue weighted by atomic mass is 32.2. The minimum absolute atomic E-state index is 0.0489. The van der Waals surface area contributed by atoms with Crippen molar-refractivity contribution in [2.24, 2.45) is 0 Å². The fourth-order valence-electron chi connectivity index (χ4n) is 4.41. The lowest BCUT2D eigenvalue weighted by atomic mass is 10.1. The average Bonchev–Trinajstić information content (AvgIpc) is 2.91. The first-order valence-electron chi connectivity index (χ1n) is 13.0. The average molecular weight is 552 g/mol. The number of likely N-dealkylation sites (N-methyl/N-ethyl adjacent to an activating group) is 1. The van der Waals surface area contributed by atoms with Crippen LogP contribution in [0.2, 0.25) is 0 Å². The molecular formula is C30H37N3O5S. The number of hydrogen-bond donors (Lipinski definition) is 1. The van der Waals surface area contributed by atoms with E-state index in [0.29, 0.717) is 18.7 Å². The molecule has 0 aliphatic carbocycles. The van der Waals surface area contributed by atoms with Gasteiger partial charge >= 0.3 is 0 Å². The van der Waals surface area contributed by atoms with E-state index in [0.717, 1.165) is 21.0 Å². The van der Waals surface area contributed by atoms with Crippen molar-refractivity contribution in [3.8, 4) is 5.75 Å². The van der Waals surface area contributed by atoms with Crippen LogP contribution in [0, 0.1) is 13.8 Å². The summed E-state index contributed by atoms with van der Waals surface area (Å²) in [7, 11) is -2.72. The molecule has 39 heavy (non-hydrogen) atoms. The highest BCUT2D eigenvalue weighted by Crippen LogP contribution is 2.32. The summed E-state index contributed by atoms with van der Waals surface area (Å²) < 4.78 is 34.5. The van der Waals surface area contributed by atoms with Gasteiger partial charge in [-0.25, -0.2) is 8.42 Å². The van der Waals surface area contributed by atoms with Crippen LogP contribution in [0.25, 0.3) is 0 Å². The molecule has 3 aromatic carbocycles. The van der Waals surface area contributed by atoms with Gasteiger partial charge < -0.3 is 15.0 Å². The Morgan fingerprint density at radius 2 is 1.62 bits per heavy atom. The van der Waals surface area contributed by atoms with E-state index in [1.807, 2.05) is 52.0 Å². The Bertz CT molecular complexity index is 1390. The lowest BCUT2D eigenvalue weighted by molar-refractivity contribution is -0.140. The number of amides is 2. The maximum absolute atomic E-state index is 14.1. The molecule has 0 aliphatic heterocycles. The van der Waals surface area contributed by atoms with Gasteiger partial charge in [0.25, 0.3) is 10.0 Å². The van der Waals surface area contributed by atoms with Gasteiger partial charge in [0.2, 0.25) is 11.8 Å². The summed E-state index contributed by atoms with van der Waals surface area (Å²) in [6.45, 7) is 7.52. The summed E-state index contributed by atoms with van der Waals surface area (Å²) in [4.78, 5) is 28.6. The van der Waals surface area contributed by atoms with Crippen molar-refractivity contribution < 1.29 is 22.7 Å². The number of rotatable bonds is 12. The molecule has 3 aromatic rings. The van der Waals surface area contributed by atoms with E-state index in [4.69, 9.17) is 4.74 Å². The number of carbonyl (C=O) groups excluding carboxylic acids is 2. The molecule has 0 bridgehead atoms. The number of nitrogens with one attached hydrogen (secondary N) is 1. The highest BCUT2D eigenvalue weighted by molar-refractivity contribution is 7.92. The molecule has 2 amide bonds. The van der Waals surface area contributed by atoms with Gasteiger partial charge in [0, 0.05) is 13.1 Å². The fraction of sp³-hybridized carbons (Fsp3) is 0.333. The van der Waals surface area contributed by atoms with Gasteiger partial charge in [-0.05, 0) is 57.0 Å². The first-order chi connectivity index (χ1) is 18.6.